The van der Waals surface area contributed by atoms with E-state index >= 15 is 0 Å². The molecule has 0 radical (unpaired) electrons. The summed E-state index contributed by atoms with van der Waals surface area (Å²) in [5.74, 6) is 0. The van der Waals surface area contributed by atoms with Gasteiger partial charge < -0.3 is 9.47 Å². The predicted molar refractivity (Wildman–Crippen MR) is 189 cm³/mol. The van der Waals surface area contributed by atoms with Crippen molar-refractivity contribution in [1.29, 1.82) is 0 Å². The van der Waals surface area contributed by atoms with E-state index in [1.54, 1.807) is 0 Å². The number of hydrogen-bond donors (Lipinski definition) is 0. The van der Waals surface area contributed by atoms with Gasteiger partial charge in [-0.1, -0.05) is 103 Å². The quantitative estimate of drug-likeness (QED) is 0.144. The maximum absolute atomic E-state index is 2.41. The number of aryl methyl sites for hydroxylation is 2. The lowest BCUT2D eigenvalue weighted by atomic mass is 10.00. The summed E-state index contributed by atoms with van der Waals surface area (Å²) in [5, 5.41) is 5.21. The maximum Gasteiger partial charge on any atom is 0.0553 e. The number of hydrogen-bond acceptors (Lipinski definition) is 1. The lowest BCUT2D eigenvalue weighted by molar-refractivity contribution is 1.18. The van der Waals surface area contributed by atoms with Crippen LogP contribution in [0.3, 0.4) is 0 Å². The van der Waals surface area contributed by atoms with Gasteiger partial charge in [-0.15, -0.1) is 0 Å². The Balaban J connectivity index is 1.19. The van der Waals surface area contributed by atoms with Crippen molar-refractivity contribution in [2.24, 2.45) is 0 Å². The Bertz CT molecular complexity index is 2240. The van der Waals surface area contributed by atoms with Gasteiger partial charge in [-0.3, -0.25) is 0 Å². The summed E-state index contributed by atoms with van der Waals surface area (Å²) in [5.41, 5.74) is 12.0. The lowest BCUT2D eigenvalue weighted by Crippen LogP contribution is -2.12. The van der Waals surface area contributed by atoms with Crippen LogP contribution in [-0.2, 0) is 0 Å². The Labute approximate surface area is 258 Å². The third-order valence-corrected chi connectivity index (χ3v) is 8.77. The van der Waals surface area contributed by atoms with Gasteiger partial charge in [-0.05, 0) is 101 Å². The molecule has 1 heterocycles. The van der Waals surface area contributed by atoms with Crippen molar-refractivity contribution in [2.45, 2.75) is 13.8 Å². The van der Waals surface area contributed by atoms with Gasteiger partial charge in [0.1, 0.15) is 0 Å². The average molecular weight is 565 g/mol. The van der Waals surface area contributed by atoms with Crippen LogP contribution in [0.15, 0.2) is 146 Å². The van der Waals surface area contributed by atoms with Gasteiger partial charge in [0.15, 0.2) is 0 Å². The van der Waals surface area contributed by atoms with Crippen molar-refractivity contribution in [1.82, 2.24) is 4.57 Å². The Hall–Kier alpha value is -5.60. The van der Waals surface area contributed by atoms with Crippen molar-refractivity contribution in [3.05, 3.63) is 168 Å². The zero-order valence-electron chi connectivity index (χ0n) is 24.9. The van der Waals surface area contributed by atoms with Crippen molar-refractivity contribution in [3.63, 3.8) is 0 Å². The van der Waals surface area contributed by atoms with Gasteiger partial charge in [-0.25, -0.2) is 0 Å². The van der Waals surface area contributed by atoms with Crippen molar-refractivity contribution >= 4 is 61.8 Å². The minimum atomic E-state index is 1.14. The summed E-state index contributed by atoms with van der Waals surface area (Å²) >= 11 is 0. The number of anilines is 3. The van der Waals surface area contributed by atoms with Gasteiger partial charge >= 0.3 is 0 Å². The third-order valence-electron chi connectivity index (χ3n) is 8.77. The highest BCUT2D eigenvalue weighted by atomic mass is 15.1. The molecule has 0 N–H and O–H groups in total. The topological polar surface area (TPSA) is 8.17 Å². The van der Waals surface area contributed by atoms with Crippen molar-refractivity contribution in [3.8, 4) is 5.69 Å². The van der Waals surface area contributed by atoms with E-state index in [9.17, 15) is 0 Å². The molecule has 1 aromatic heterocycles. The van der Waals surface area contributed by atoms with Crippen LogP contribution in [0.2, 0.25) is 0 Å². The van der Waals surface area contributed by atoms with Crippen molar-refractivity contribution < 1.29 is 0 Å². The van der Waals surface area contributed by atoms with Gasteiger partial charge in [0, 0.05) is 33.5 Å². The molecule has 0 spiro atoms. The van der Waals surface area contributed by atoms with E-state index in [-0.39, 0.29) is 0 Å². The molecule has 8 rings (SSSR count). The Morgan fingerprint density at radius 2 is 1.09 bits per heavy atom. The molecule has 0 saturated heterocycles. The first-order valence-corrected chi connectivity index (χ1v) is 15.2. The van der Waals surface area contributed by atoms with E-state index in [4.69, 9.17) is 0 Å². The monoisotopic (exact) mass is 564 g/mol. The van der Waals surface area contributed by atoms with Crippen molar-refractivity contribution in [2.75, 3.05) is 4.90 Å². The zero-order valence-corrected chi connectivity index (χ0v) is 24.9. The van der Waals surface area contributed by atoms with E-state index < -0.39 is 0 Å². The highest BCUT2D eigenvalue weighted by Gasteiger charge is 2.18. The highest BCUT2D eigenvalue weighted by Crippen LogP contribution is 2.40. The number of aromatic nitrogens is 1. The number of benzene rings is 7. The average Bonchev–Trinajstić information content (AvgIpc) is 3.40. The molecule has 0 atom stereocenters. The predicted octanol–water partition coefficient (Wildman–Crippen LogP) is 11.6. The molecule has 2 nitrogen and oxygen atoms in total. The second kappa shape index (κ2) is 10.6. The fourth-order valence-corrected chi connectivity index (χ4v) is 6.63. The van der Waals surface area contributed by atoms with E-state index in [0.29, 0.717) is 0 Å². The van der Waals surface area contributed by atoms with Crippen LogP contribution >= 0.6 is 0 Å². The first-order valence-electron chi connectivity index (χ1n) is 15.2. The second-order valence-electron chi connectivity index (χ2n) is 11.6. The zero-order chi connectivity index (χ0) is 29.6. The molecule has 0 amide bonds. The van der Waals surface area contributed by atoms with Crippen LogP contribution in [0.5, 0.6) is 0 Å². The fraction of sp³-hybridized carbons (Fsp3) is 0.0476. The summed E-state index contributed by atoms with van der Waals surface area (Å²) in [7, 11) is 0. The van der Waals surface area contributed by atoms with E-state index in [1.165, 1.54) is 71.9 Å². The summed E-state index contributed by atoms with van der Waals surface area (Å²) in [6.45, 7) is 4.35. The van der Waals surface area contributed by atoms with Crippen LogP contribution in [0, 0.1) is 13.8 Å². The molecule has 210 valence electrons. The first kappa shape index (κ1) is 26.1. The molecular weight excluding hydrogens is 532 g/mol. The Kier molecular flexibility index (Phi) is 6.27. The van der Waals surface area contributed by atoms with Gasteiger partial charge in [0.05, 0.1) is 11.0 Å². The molecule has 8 aromatic rings. The second-order valence-corrected chi connectivity index (χ2v) is 11.6. The van der Waals surface area contributed by atoms with Gasteiger partial charge in [0.2, 0.25) is 0 Å². The van der Waals surface area contributed by atoms with Crippen LogP contribution in [0.4, 0.5) is 17.1 Å². The molecule has 0 aliphatic carbocycles. The fourth-order valence-electron chi connectivity index (χ4n) is 6.63. The smallest absolute Gasteiger partial charge is 0.0553 e. The summed E-state index contributed by atoms with van der Waals surface area (Å²) < 4.78 is 2.41. The standard InChI is InChI=1S/C42H32N2/c1-29-11-6-8-16-37(29)43(38-17-9-7-12-30(38)2)36-25-21-31(22-26-36)19-20-32-27-34-24-23-33-13-10-18-39-41(33)42(34)40(28-32)44(39)35-14-4-3-5-15-35/h3-28H,1-2H3. The number of nitrogens with zero attached hydrogens (tertiary/aromatic N) is 2. The molecule has 7 aromatic carbocycles. The normalized spacial score (nSPS) is 11.8. The molecule has 0 aliphatic rings. The Morgan fingerprint density at radius 1 is 0.477 bits per heavy atom. The van der Waals surface area contributed by atoms with Crippen LogP contribution in [0.25, 0.3) is 50.4 Å². The number of para-hydroxylation sites is 3. The van der Waals surface area contributed by atoms with Gasteiger partial charge in [-0.2, -0.15) is 0 Å². The molecule has 0 bridgehead atoms. The first-order chi connectivity index (χ1) is 21.7. The Morgan fingerprint density at radius 3 is 1.80 bits per heavy atom. The molecule has 0 aliphatic heterocycles. The molecule has 2 heteroatoms. The molecule has 0 unspecified atom stereocenters. The lowest BCUT2D eigenvalue weighted by Gasteiger charge is -2.28. The minimum Gasteiger partial charge on any atom is -0.310 e. The third kappa shape index (κ3) is 4.35. The maximum atomic E-state index is 2.41. The minimum absolute atomic E-state index is 1.14. The molecule has 0 saturated carbocycles. The largest absolute Gasteiger partial charge is 0.310 e. The highest BCUT2D eigenvalue weighted by molar-refractivity contribution is 6.24. The van der Waals surface area contributed by atoms with E-state index in [2.05, 4.69) is 181 Å². The van der Waals surface area contributed by atoms with Crippen LogP contribution < -0.4 is 4.90 Å². The molecule has 0 fully saturated rings. The SMILES string of the molecule is Cc1ccccc1N(c1ccc(C=Cc2cc3ccc4cccc5c4c3c(c2)n5-c2ccccc2)cc1)c1ccccc1C. The van der Waals surface area contributed by atoms with Gasteiger partial charge in [0.25, 0.3) is 0 Å². The summed E-state index contributed by atoms with van der Waals surface area (Å²) in [4.78, 5) is 2.36. The van der Waals surface area contributed by atoms with Crippen LogP contribution in [0.1, 0.15) is 22.3 Å². The summed E-state index contributed by atoms with van der Waals surface area (Å²) in [6, 6.07) is 52.5. The molecule has 44 heavy (non-hydrogen) atoms. The number of rotatable bonds is 6. The molecular formula is C42H32N2. The summed E-state index contributed by atoms with van der Waals surface area (Å²) in [6.07, 6.45) is 4.46. The van der Waals surface area contributed by atoms with Crippen LogP contribution in [-0.4, -0.2) is 4.57 Å². The van der Waals surface area contributed by atoms with E-state index in [0.717, 1.165) is 5.69 Å². The van der Waals surface area contributed by atoms with E-state index in [1.807, 2.05) is 0 Å².